The van der Waals surface area contributed by atoms with Gasteiger partial charge < -0.3 is 5.11 Å². The predicted octanol–water partition coefficient (Wildman–Crippen LogP) is 6.79. The van der Waals surface area contributed by atoms with Crippen molar-refractivity contribution in [3.05, 3.63) is 0 Å². The first kappa shape index (κ1) is 21.8. The average Bonchev–Trinajstić information content (AvgIpc) is 2.99. The highest BCUT2D eigenvalue weighted by molar-refractivity contribution is 5.84. The molecule has 0 amide bonds. The molecule has 0 spiro atoms. The molecular weight excluding hydrogens is 356 g/mol. The van der Waals surface area contributed by atoms with Gasteiger partial charge in [-0.05, 0) is 73.5 Å². The van der Waals surface area contributed by atoms with E-state index in [1.165, 1.54) is 38.5 Å². The van der Waals surface area contributed by atoms with E-state index in [0.29, 0.717) is 17.6 Å². The minimum Gasteiger partial charge on any atom is -0.389 e. The van der Waals surface area contributed by atoms with Gasteiger partial charge in [-0.15, -0.1) is 0 Å². The first-order valence-electron chi connectivity index (χ1n) is 12.9. The van der Waals surface area contributed by atoms with E-state index < -0.39 is 5.60 Å². The standard InChI is InChI=1S/C27H46O2/c1-18(2)9-8-10-19(3)21-12-13-22-24-23(28)17-20-11-6-7-14-26(20,5)27(24,29)16-15-25(21,22)4/h18-22,24,29H,6-17H2,1-5H3/t19-,20-,21-,22+,24-,25-,26+,27-/m1/s1. The number of carbonyl (C=O) groups excluding carboxylic acids is 1. The Morgan fingerprint density at radius 3 is 2.48 bits per heavy atom. The Bertz CT molecular complexity index is 626. The molecular formula is C27H46O2. The van der Waals surface area contributed by atoms with Crippen LogP contribution in [0.2, 0.25) is 0 Å². The van der Waals surface area contributed by atoms with E-state index in [4.69, 9.17) is 0 Å². The summed E-state index contributed by atoms with van der Waals surface area (Å²) in [5, 5.41) is 12.2. The Labute approximate surface area is 179 Å². The number of carbonyl (C=O) groups is 1. The molecule has 4 aliphatic rings. The second kappa shape index (κ2) is 7.64. The van der Waals surface area contributed by atoms with Crippen LogP contribution in [-0.2, 0) is 4.79 Å². The van der Waals surface area contributed by atoms with Crippen molar-refractivity contribution in [3.63, 3.8) is 0 Å². The maximum Gasteiger partial charge on any atom is 0.139 e. The first-order valence-corrected chi connectivity index (χ1v) is 12.9. The van der Waals surface area contributed by atoms with Crippen LogP contribution in [0.1, 0.15) is 112 Å². The number of aliphatic hydroxyl groups is 1. The molecule has 0 bridgehead atoms. The number of hydrogen-bond acceptors (Lipinski definition) is 2. The third-order valence-corrected chi connectivity index (χ3v) is 10.8. The van der Waals surface area contributed by atoms with Gasteiger partial charge in [-0.1, -0.05) is 66.7 Å². The van der Waals surface area contributed by atoms with Crippen molar-refractivity contribution in [1.29, 1.82) is 0 Å². The van der Waals surface area contributed by atoms with Crippen molar-refractivity contribution in [2.45, 2.75) is 117 Å². The Balaban J connectivity index is 1.57. The zero-order chi connectivity index (χ0) is 21.0. The summed E-state index contributed by atoms with van der Waals surface area (Å²) in [5.74, 6) is 3.42. The Morgan fingerprint density at radius 1 is 1.00 bits per heavy atom. The van der Waals surface area contributed by atoms with Crippen LogP contribution >= 0.6 is 0 Å². The SMILES string of the molecule is CC(C)CCC[C@@H](C)[C@H]1CC[C@H]2[C@@H]3C(=O)C[C@H]4CCCC[C@]4(C)[C@@]3(O)CC[C@]12C. The average molecular weight is 403 g/mol. The van der Waals surface area contributed by atoms with Crippen LogP contribution in [0.5, 0.6) is 0 Å². The van der Waals surface area contributed by atoms with E-state index in [1.807, 2.05) is 0 Å². The van der Waals surface area contributed by atoms with E-state index in [1.54, 1.807) is 0 Å². The molecule has 2 nitrogen and oxygen atoms in total. The maximum absolute atomic E-state index is 13.5. The zero-order valence-corrected chi connectivity index (χ0v) is 19.8. The van der Waals surface area contributed by atoms with Gasteiger partial charge in [0.05, 0.1) is 11.5 Å². The van der Waals surface area contributed by atoms with Gasteiger partial charge in [0.2, 0.25) is 0 Å². The fraction of sp³-hybridized carbons (Fsp3) is 0.963. The van der Waals surface area contributed by atoms with Crippen molar-refractivity contribution in [3.8, 4) is 0 Å². The van der Waals surface area contributed by atoms with Crippen molar-refractivity contribution in [2.24, 2.45) is 46.3 Å². The van der Waals surface area contributed by atoms with Gasteiger partial charge in [0.15, 0.2) is 0 Å². The highest BCUT2D eigenvalue weighted by Gasteiger charge is 2.69. The molecule has 4 saturated carbocycles. The van der Waals surface area contributed by atoms with Crippen molar-refractivity contribution >= 4 is 5.78 Å². The lowest BCUT2D eigenvalue weighted by molar-refractivity contribution is -0.227. The van der Waals surface area contributed by atoms with E-state index >= 15 is 0 Å². The van der Waals surface area contributed by atoms with Crippen LogP contribution in [0.3, 0.4) is 0 Å². The van der Waals surface area contributed by atoms with Crippen LogP contribution in [0.4, 0.5) is 0 Å². The molecule has 4 fully saturated rings. The predicted molar refractivity (Wildman–Crippen MR) is 120 cm³/mol. The number of rotatable bonds is 5. The van der Waals surface area contributed by atoms with Gasteiger partial charge in [-0.25, -0.2) is 0 Å². The Hall–Kier alpha value is -0.370. The third-order valence-electron chi connectivity index (χ3n) is 10.8. The van der Waals surface area contributed by atoms with Gasteiger partial charge in [-0.2, -0.15) is 0 Å². The minimum atomic E-state index is -0.743. The summed E-state index contributed by atoms with van der Waals surface area (Å²) in [6, 6.07) is 0. The summed E-state index contributed by atoms with van der Waals surface area (Å²) in [6.45, 7) is 12.0. The smallest absolute Gasteiger partial charge is 0.139 e. The van der Waals surface area contributed by atoms with Crippen LogP contribution in [-0.4, -0.2) is 16.5 Å². The Morgan fingerprint density at radius 2 is 1.76 bits per heavy atom. The summed E-state index contributed by atoms with van der Waals surface area (Å²) in [4.78, 5) is 13.5. The van der Waals surface area contributed by atoms with Gasteiger partial charge in [0.25, 0.3) is 0 Å². The van der Waals surface area contributed by atoms with Gasteiger partial charge in [0.1, 0.15) is 5.78 Å². The van der Waals surface area contributed by atoms with E-state index in [0.717, 1.165) is 56.3 Å². The quantitative estimate of drug-likeness (QED) is 0.549. The van der Waals surface area contributed by atoms with Gasteiger partial charge >= 0.3 is 0 Å². The van der Waals surface area contributed by atoms with E-state index in [-0.39, 0.29) is 16.7 Å². The molecule has 0 heterocycles. The lowest BCUT2D eigenvalue weighted by Crippen LogP contribution is -2.67. The number of hydrogen-bond donors (Lipinski definition) is 1. The summed E-state index contributed by atoms with van der Waals surface area (Å²) in [5.41, 5.74) is -0.527. The van der Waals surface area contributed by atoms with Crippen LogP contribution in [0.15, 0.2) is 0 Å². The first-order chi connectivity index (χ1) is 13.6. The summed E-state index contributed by atoms with van der Waals surface area (Å²) < 4.78 is 0. The normalized spacial score (nSPS) is 48.2. The van der Waals surface area contributed by atoms with E-state index in [2.05, 4.69) is 34.6 Å². The third kappa shape index (κ3) is 3.26. The molecule has 1 N–H and O–H groups in total. The molecule has 8 atom stereocenters. The highest BCUT2D eigenvalue weighted by Crippen LogP contribution is 2.69. The maximum atomic E-state index is 13.5. The molecule has 4 rings (SSSR count). The number of Topliss-reactive ketones (excluding diaryl/α,β-unsaturated/α-hetero) is 1. The fourth-order valence-electron chi connectivity index (χ4n) is 8.95. The van der Waals surface area contributed by atoms with Gasteiger partial charge in [0, 0.05) is 11.8 Å². The molecule has 29 heavy (non-hydrogen) atoms. The zero-order valence-electron chi connectivity index (χ0n) is 19.8. The molecule has 4 aliphatic carbocycles. The lowest BCUT2D eigenvalue weighted by Gasteiger charge is -2.64. The van der Waals surface area contributed by atoms with E-state index in [9.17, 15) is 9.90 Å². The van der Waals surface area contributed by atoms with Crippen LogP contribution in [0.25, 0.3) is 0 Å². The monoisotopic (exact) mass is 402 g/mol. The number of ketones is 1. The molecule has 0 radical (unpaired) electrons. The van der Waals surface area contributed by atoms with Crippen molar-refractivity contribution in [2.75, 3.05) is 0 Å². The summed E-state index contributed by atoms with van der Waals surface area (Å²) in [6.07, 6.45) is 13.9. The largest absolute Gasteiger partial charge is 0.389 e. The Kier molecular flexibility index (Phi) is 5.76. The van der Waals surface area contributed by atoms with Crippen LogP contribution in [0, 0.1) is 46.3 Å². The molecule has 0 aliphatic heterocycles. The number of fused-ring (bicyclic) bond motifs is 5. The molecule has 0 saturated heterocycles. The second-order valence-electron chi connectivity index (χ2n) is 12.5. The fourth-order valence-corrected chi connectivity index (χ4v) is 8.95. The summed E-state index contributed by atoms with van der Waals surface area (Å²) in [7, 11) is 0. The topological polar surface area (TPSA) is 37.3 Å². The molecule has 0 unspecified atom stereocenters. The van der Waals surface area contributed by atoms with Crippen molar-refractivity contribution in [1.82, 2.24) is 0 Å². The second-order valence-corrected chi connectivity index (χ2v) is 12.5. The summed E-state index contributed by atoms with van der Waals surface area (Å²) >= 11 is 0. The minimum absolute atomic E-state index is 0.0356. The molecule has 0 aromatic carbocycles. The molecule has 0 aromatic heterocycles. The molecule has 166 valence electrons. The molecule has 0 aromatic rings. The van der Waals surface area contributed by atoms with Gasteiger partial charge in [-0.3, -0.25) is 4.79 Å². The lowest BCUT2D eigenvalue weighted by atomic mass is 9.42. The highest BCUT2D eigenvalue weighted by atomic mass is 16.3. The van der Waals surface area contributed by atoms with Crippen molar-refractivity contribution < 1.29 is 9.90 Å². The van der Waals surface area contributed by atoms with Crippen LogP contribution < -0.4 is 0 Å². The molecule has 2 heteroatoms.